The number of benzene rings is 1. The third-order valence-electron chi connectivity index (χ3n) is 3.17. The van der Waals surface area contributed by atoms with Gasteiger partial charge in [-0.2, -0.15) is 0 Å². The monoisotopic (exact) mass is 224 g/mol. The number of nitrogens with one attached hydrogen (secondary N) is 1. The molecule has 3 nitrogen and oxygen atoms in total. The lowest BCUT2D eigenvalue weighted by molar-refractivity contribution is 0.384. The molecule has 1 saturated heterocycles. The van der Waals surface area contributed by atoms with Crippen molar-refractivity contribution in [2.75, 3.05) is 20.2 Å². The van der Waals surface area contributed by atoms with Crippen molar-refractivity contribution in [3.05, 3.63) is 29.6 Å². The Morgan fingerprint density at radius 2 is 2.38 bits per heavy atom. The Morgan fingerprint density at radius 1 is 1.56 bits per heavy atom. The predicted molar refractivity (Wildman–Crippen MR) is 60.9 cm³/mol. The Balaban J connectivity index is 2.16. The van der Waals surface area contributed by atoms with Crippen molar-refractivity contribution in [3.8, 4) is 5.75 Å². The van der Waals surface area contributed by atoms with E-state index in [0.717, 1.165) is 25.1 Å². The smallest absolute Gasteiger partial charge is 0.165 e. The molecule has 3 N–H and O–H groups in total. The van der Waals surface area contributed by atoms with Gasteiger partial charge in [0.05, 0.1) is 7.11 Å². The molecule has 2 unspecified atom stereocenters. The second-order valence-corrected chi connectivity index (χ2v) is 4.17. The molecule has 0 bridgehead atoms. The van der Waals surface area contributed by atoms with Crippen LogP contribution in [0, 0.1) is 11.7 Å². The summed E-state index contributed by atoms with van der Waals surface area (Å²) in [5, 5.41) is 3.26. The van der Waals surface area contributed by atoms with Gasteiger partial charge in [-0.25, -0.2) is 4.39 Å². The Kier molecular flexibility index (Phi) is 3.41. The van der Waals surface area contributed by atoms with Crippen LogP contribution in [-0.2, 0) is 0 Å². The summed E-state index contributed by atoms with van der Waals surface area (Å²) >= 11 is 0. The molecule has 2 atom stereocenters. The van der Waals surface area contributed by atoms with E-state index in [0.29, 0.717) is 5.92 Å². The fraction of sp³-hybridized carbons (Fsp3) is 0.500. The average Bonchev–Trinajstić information content (AvgIpc) is 2.81. The third-order valence-corrected chi connectivity index (χ3v) is 3.17. The van der Waals surface area contributed by atoms with Gasteiger partial charge in [-0.15, -0.1) is 0 Å². The maximum Gasteiger partial charge on any atom is 0.165 e. The van der Waals surface area contributed by atoms with E-state index in [1.165, 1.54) is 13.2 Å². The van der Waals surface area contributed by atoms with Crippen LogP contribution in [-0.4, -0.2) is 20.2 Å². The Morgan fingerprint density at radius 3 is 2.94 bits per heavy atom. The van der Waals surface area contributed by atoms with Gasteiger partial charge in [0.15, 0.2) is 11.6 Å². The third kappa shape index (κ3) is 2.18. The lowest BCUT2D eigenvalue weighted by Crippen LogP contribution is -2.23. The molecule has 1 aliphatic heterocycles. The normalized spacial score (nSPS) is 22.1. The van der Waals surface area contributed by atoms with E-state index in [2.05, 4.69) is 5.32 Å². The van der Waals surface area contributed by atoms with Gasteiger partial charge >= 0.3 is 0 Å². The van der Waals surface area contributed by atoms with Gasteiger partial charge in [-0.1, -0.05) is 6.07 Å². The SMILES string of the molecule is COc1ccc(C(N)C2CCNC2)cc1F. The molecule has 1 aromatic rings. The van der Waals surface area contributed by atoms with E-state index in [1.54, 1.807) is 6.07 Å². The van der Waals surface area contributed by atoms with E-state index in [9.17, 15) is 4.39 Å². The van der Waals surface area contributed by atoms with E-state index in [-0.39, 0.29) is 17.6 Å². The molecule has 16 heavy (non-hydrogen) atoms. The van der Waals surface area contributed by atoms with Crippen LogP contribution >= 0.6 is 0 Å². The number of hydrogen-bond donors (Lipinski definition) is 2. The first-order chi connectivity index (χ1) is 7.72. The Hall–Kier alpha value is -1.13. The van der Waals surface area contributed by atoms with Crippen LogP contribution in [0.3, 0.4) is 0 Å². The molecule has 2 rings (SSSR count). The van der Waals surface area contributed by atoms with E-state index in [1.807, 2.05) is 6.07 Å². The number of nitrogens with two attached hydrogens (primary N) is 1. The fourth-order valence-electron chi connectivity index (χ4n) is 2.15. The standard InChI is InChI=1S/C12H17FN2O/c1-16-11-3-2-8(6-10(11)13)12(14)9-4-5-15-7-9/h2-3,6,9,12,15H,4-5,7,14H2,1H3. The quantitative estimate of drug-likeness (QED) is 0.816. The molecule has 88 valence electrons. The number of hydrogen-bond acceptors (Lipinski definition) is 3. The van der Waals surface area contributed by atoms with Gasteiger partial charge in [-0.3, -0.25) is 0 Å². The van der Waals surface area contributed by atoms with Crippen LogP contribution in [0.4, 0.5) is 4.39 Å². The zero-order valence-corrected chi connectivity index (χ0v) is 9.37. The van der Waals surface area contributed by atoms with Gasteiger partial charge in [0.1, 0.15) is 0 Å². The van der Waals surface area contributed by atoms with Crippen molar-refractivity contribution in [2.45, 2.75) is 12.5 Å². The van der Waals surface area contributed by atoms with Crippen LogP contribution in [0.1, 0.15) is 18.0 Å². The van der Waals surface area contributed by atoms with Crippen molar-refractivity contribution >= 4 is 0 Å². The van der Waals surface area contributed by atoms with E-state index >= 15 is 0 Å². The molecule has 1 aromatic carbocycles. The van der Waals surface area contributed by atoms with Crippen LogP contribution in [0.25, 0.3) is 0 Å². The topological polar surface area (TPSA) is 47.3 Å². The highest BCUT2D eigenvalue weighted by Crippen LogP contribution is 2.27. The number of rotatable bonds is 3. The highest BCUT2D eigenvalue weighted by molar-refractivity contribution is 5.31. The summed E-state index contributed by atoms with van der Waals surface area (Å²) in [5.74, 6) is 0.315. The van der Waals surface area contributed by atoms with Gasteiger partial charge in [0, 0.05) is 6.04 Å². The first-order valence-corrected chi connectivity index (χ1v) is 5.52. The summed E-state index contributed by atoms with van der Waals surface area (Å²) in [4.78, 5) is 0. The molecule has 1 aliphatic rings. The van der Waals surface area contributed by atoms with Crippen LogP contribution in [0.2, 0.25) is 0 Å². The minimum Gasteiger partial charge on any atom is -0.494 e. The molecule has 1 heterocycles. The predicted octanol–water partition coefficient (Wildman–Crippen LogP) is 1.44. The summed E-state index contributed by atoms with van der Waals surface area (Å²) in [7, 11) is 1.46. The van der Waals surface area contributed by atoms with Crippen molar-refractivity contribution in [2.24, 2.45) is 11.7 Å². The maximum absolute atomic E-state index is 13.5. The largest absolute Gasteiger partial charge is 0.494 e. The van der Waals surface area contributed by atoms with Crippen molar-refractivity contribution < 1.29 is 9.13 Å². The van der Waals surface area contributed by atoms with Crippen molar-refractivity contribution in [1.29, 1.82) is 0 Å². The molecule has 0 amide bonds. The molecule has 1 fully saturated rings. The first kappa shape index (κ1) is 11.4. The van der Waals surface area contributed by atoms with Crippen molar-refractivity contribution in [3.63, 3.8) is 0 Å². The van der Waals surface area contributed by atoms with Crippen molar-refractivity contribution in [1.82, 2.24) is 5.32 Å². The average molecular weight is 224 g/mol. The highest BCUT2D eigenvalue weighted by atomic mass is 19.1. The minimum atomic E-state index is -0.346. The van der Waals surface area contributed by atoms with Gasteiger partial charge in [-0.05, 0) is 43.1 Å². The second-order valence-electron chi connectivity index (χ2n) is 4.17. The van der Waals surface area contributed by atoms with Crippen LogP contribution in [0.5, 0.6) is 5.75 Å². The maximum atomic E-state index is 13.5. The van der Waals surface area contributed by atoms with Gasteiger partial charge in [0.25, 0.3) is 0 Å². The zero-order chi connectivity index (χ0) is 11.5. The zero-order valence-electron chi connectivity index (χ0n) is 9.37. The molecular formula is C12H17FN2O. The Labute approximate surface area is 94.8 Å². The number of methoxy groups -OCH3 is 1. The molecule has 4 heteroatoms. The fourth-order valence-corrected chi connectivity index (χ4v) is 2.15. The Bertz CT molecular complexity index is 364. The molecule has 0 aromatic heterocycles. The first-order valence-electron chi connectivity index (χ1n) is 5.52. The molecule has 0 spiro atoms. The molecule has 0 saturated carbocycles. The number of ether oxygens (including phenoxy) is 1. The van der Waals surface area contributed by atoms with Gasteiger partial charge in [0.2, 0.25) is 0 Å². The minimum absolute atomic E-state index is 0.101. The lowest BCUT2D eigenvalue weighted by Gasteiger charge is -2.19. The summed E-state index contributed by atoms with van der Waals surface area (Å²) < 4.78 is 18.4. The molecular weight excluding hydrogens is 207 g/mol. The molecule has 0 aliphatic carbocycles. The molecule has 0 radical (unpaired) electrons. The highest BCUT2D eigenvalue weighted by Gasteiger charge is 2.23. The second kappa shape index (κ2) is 4.80. The van der Waals surface area contributed by atoms with Crippen LogP contribution in [0.15, 0.2) is 18.2 Å². The summed E-state index contributed by atoms with van der Waals surface area (Å²) in [6.45, 7) is 1.91. The lowest BCUT2D eigenvalue weighted by atomic mass is 9.93. The summed E-state index contributed by atoms with van der Waals surface area (Å²) in [6.07, 6.45) is 1.05. The summed E-state index contributed by atoms with van der Waals surface area (Å²) in [6, 6.07) is 4.84. The van der Waals surface area contributed by atoms with Crippen LogP contribution < -0.4 is 15.8 Å². The van der Waals surface area contributed by atoms with Gasteiger partial charge < -0.3 is 15.8 Å². The number of halogens is 1. The van der Waals surface area contributed by atoms with E-state index < -0.39 is 0 Å². The van der Waals surface area contributed by atoms with E-state index in [4.69, 9.17) is 10.5 Å². The summed E-state index contributed by atoms with van der Waals surface area (Å²) in [5.41, 5.74) is 6.95.